The van der Waals surface area contributed by atoms with Crippen LogP contribution >= 0.6 is 0 Å². The summed E-state index contributed by atoms with van der Waals surface area (Å²) in [5.41, 5.74) is 2.05. The van der Waals surface area contributed by atoms with Crippen molar-refractivity contribution in [1.29, 1.82) is 0 Å². The number of nitrogens with one attached hydrogen (secondary N) is 1. The van der Waals surface area contributed by atoms with Crippen molar-refractivity contribution in [2.24, 2.45) is 0 Å². The summed E-state index contributed by atoms with van der Waals surface area (Å²) >= 11 is 0. The second-order valence-corrected chi connectivity index (χ2v) is 6.78. The fraction of sp³-hybridized carbons (Fsp3) is 0.389. The standard InChI is InChI=1S/C18H21N5O2/c1-13-11-16(24)19-18-14-5-3-4-6-15(14)22(23(13)18)12-17(25)21-9-7-20(2)8-10-21/h3-6,11H,7-10,12H2,1-2H3/p+1. The van der Waals surface area contributed by atoms with Crippen molar-refractivity contribution in [2.45, 2.75) is 13.5 Å². The molecule has 0 atom stereocenters. The molecule has 7 heteroatoms. The number of aromatic nitrogens is 3. The molecule has 25 heavy (non-hydrogen) atoms. The average molecular weight is 340 g/mol. The Labute approximate surface area is 145 Å². The number of aryl methyl sites for hydroxylation is 1. The van der Waals surface area contributed by atoms with Gasteiger partial charge in [0.15, 0.2) is 5.65 Å². The molecule has 1 aromatic carbocycles. The minimum Gasteiger partial charge on any atom is -0.334 e. The Hall–Kier alpha value is -2.67. The minimum absolute atomic E-state index is 0.105. The Morgan fingerprint density at radius 3 is 2.72 bits per heavy atom. The van der Waals surface area contributed by atoms with E-state index in [-0.39, 0.29) is 18.0 Å². The molecule has 1 aliphatic rings. The van der Waals surface area contributed by atoms with Gasteiger partial charge in [0.05, 0.1) is 38.7 Å². The quantitative estimate of drug-likeness (QED) is 0.672. The van der Waals surface area contributed by atoms with Gasteiger partial charge in [0, 0.05) is 17.1 Å². The smallest absolute Gasteiger partial charge is 0.273 e. The summed E-state index contributed by atoms with van der Waals surface area (Å²) in [6.07, 6.45) is 0. The van der Waals surface area contributed by atoms with E-state index >= 15 is 0 Å². The molecular formula is C18H22N5O2+. The lowest BCUT2D eigenvalue weighted by Gasteiger charge is -2.30. The van der Waals surface area contributed by atoms with Gasteiger partial charge in [-0.2, -0.15) is 4.98 Å². The highest BCUT2D eigenvalue weighted by Crippen LogP contribution is 2.21. The van der Waals surface area contributed by atoms with Crippen molar-refractivity contribution >= 4 is 22.5 Å². The summed E-state index contributed by atoms with van der Waals surface area (Å²) in [6.45, 7) is 5.64. The van der Waals surface area contributed by atoms with Crippen LogP contribution in [-0.2, 0) is 11.3 Å². The van der Waals surface area contributed by atoms with Gasteiger partial charge < -0.3 is 9.80 Å². The third-order valence-electron chi connectivity index (χ3n) is 5.00. The molecule has 1 aliphatic heterocycles. The summed E-state index contributed by atoms with van der Waals surface area (Å²) in [7, 11) is 2.15. The number of hydrogen-bond acceptors (Lipinski definition) is 3. The van der Waals surface area contributed by atoms with Crippen LogP contribution in [0.15, 0.2) is 35.1 Å². The van der Waals surface area contributed by atoms with Crippen LogP contribution in [0.5, 0.6) is 0 Å². The monoisotopic (exact) mass is 340 g/mol. The van der Waals surface area contributed by atoms with Crippen molar-refractivity contribution in [2.75, 3.05) is 33.2 Å². The molecule has 3 aromatic rings. The molecule has 2 aromatic heterocycles. The molecule has 1 fully saturated rings. The van der Waals surface area contributed by atoms with Gasteiger partial charge in [-0.3, -0.25) is 14.3 Å². The van der Waals surface area contributed by atoms with E-state index in [0.29, 0.717) is 5.65 Å². The zero-order valence-electron chi connectivity index (χ0n) is 14.5. The third kappa shape index (κ3) is 2.70. The fourth-order valence-electron chi connectivity index (χ4n) is 3.59. The lowest BCUT2D eigenvalue weighted by Crippen LogP contribution is -3.12. The second kappa shape index (κ2) is 6.00. The molecule has 0 spiro atoms. The second-order valence-electron chi connectivity index (χ2n) is 6.78. The van der Waals surface area contributed by atoms with Crippen molar-refractivity contribution in [3.63, 3.8) is 0 Å². The number of hydrogen-bond donors (Lipinski definition) is 1. The molecule has 3 heterocycles. The van der Waals surface area contributed by atoms with Crippen LogP contribution in [-0.4, -0.2) is 58.2 Å². The first-order valence-electron chi connectivity index (χ1n) is 8.61. The normalized spacial score (nSPS) is 16.0. The van der Waals surface area contributed by atoms with Gasteiger partial charge in [-0.25, -0.2) is 4.52 Å². The first-order valence-corrected chi connectivity index (χ1v) is 8.61. The number of piperazine rings is 1. The van der Waals surface area contributed by atoms with E-state index in [0.717, 1.165) is 42.8 Å². The maximum absolute atomic E-state index is 12.8. The predicted molar refractivity (Wildman–Crippen MR) is 94.9 cm³/mol. The van der Waals surface area contributed by atoms with Crippen LogP contribution in [0.25, 0.3) is 16.6 Å². The SMILES string of the molecule is Cc1cc(=O)nc2c3ccccc3n(CC(=O)N3CC[NH+](C)CC3)n12. The van der Waals surface area contributed by atoms with E-state index in [9.17, 15) is 9.59 Å². The maximum Gasteiger partial charge on any atom is 0.273 e. The van der Waals surface area contributed by atoms with Gasteiger partial charge in [-0.05, 0) is 19.1 Å². The average Bonchev–Trinajstić information content (AvgIpc) is 2.90. The topological polar surface area (TPSA) is 64.0 Å². The van der Waals surface area contributed by atoms with E-state index in [1.54, 1.807) is 0 Å². The molecule has 1 N–H and O–H groups in total. The van der Waals surface area contributed by atoms with Gasteiger partial charge in [0.2, 0.25) is 5.91 Å². The number of fused-ring (bicyclic) bond motifs is 3. The minimum atomic E-state index is -0.256. The van der Waals surface area contributed by atoms with Gasteiger partial charge in [0.1, 0.15) is 6.54 Å². The highest BCUT2D eigenvalue weighted by atomic mass is 16.2. The molecule has 1 saturated heterocycles. The molecule has 0 aliphatic carbocycles. The summed E-state index contributed by atoms with van der Waals surface area (Å²) < 4.78 is 3.81. The Morgan fingerprint density at radius 2 is 1.96 bits per heavy atom. The van der Waals surface area contributed by atoms with E-state index in [4.69, 9.17) is 0 Å². The molecule has 7 nitrogen and oxygen atoms in total. The van der Waals surface area contributed by atoms with Gasteiger partial charge in [0.25, 0.3) is 5.56 Å². The Kier molecular flexibility index (Phi) is 3.80. The maximum atomic E-state index is 12.8. The number of carbonyl (C=O) groups is 1. The van der Waals surface area contributed by atoms with Crippen molar-refractivity contribution in [3.8, 4) is 0 Å². The lowest BCUT2D eigenvalue weighted by molar-refractivity contribution is -0.883. The van der Waals surface area contributed by atoms with E-state index in [1.807, 2.05) is 45.3 Å². The van der Waals surface area contributed by atoms with Gasteiger partial charge in [-0.1, -0.05) is 12.1 Å². The number of likely N-dealkylation sites (N-methyl/N-ethyl adjacent to an activating group) is 1. The van der Waals surface area contributed by atoms with Crippen LogP contribution in [0.3, 0.4) is 0 Å². The Morgan fingerprint density at radius 1 is 1.24 bits per heavy atom. The summed E-state index contributed by atoms with van der Waals surface area (Å²) in [5, 5.41) is 0.888. The molecule has 0 radical (unpaired) electrons. The predicted octanol–water partition coefficient (Wildman–Crippen LogP) is -0.685. The van der Waals surface area contributed by atoms with Crippen LogP contribution < -0.4 is 10.5 Å². The number of quaternary nitrogens is 1. The first-order chi connectivity index (χ1) is 12.0. The Bertz CT molecular complexity index is 1010. The van der Waals surface area contributed by atoms with E-state index in [1.165, 1.54) is 11.0 Å². The molecule has 130 valence electrons. The molecule has 4 rings (SSSR count). The van der Waals surface area contributed by atoms with Gasteiger partial charge >= 0.3 is 0 Å². The summed E-state index contributed by atoms with van der Waals surface area (Å²) in [5.74, 6) is 0.105. The fourth-order valence-corrected chi connectivity index (χ4v) is 3.59. The van der Waals surface area contributed by atoms with E-state index in [2.05, 4.69) is 12.0 Å². The largest absolute Gasteiger partial charge is 0.334 e. The zero-order chi connectivity index (χ0) is 17.6. The number of benzene rings is 1. The number of rotatable bonds is 2. The highest BCUT2D eigenvalue weighted by Gasteiger charge is 2.23. The highest BCUT2D eigenvalue weighted by molar-refractivity contribution is 5.93. The van der Waals surface area contributed by atoms with Crippen LogP contribution in [0.1, 0.15) is 5.69 Å². The number of nitrogens with zero attached hydrogens (tertiary/aromatic N) is 4. The van der Waals surface area contributed by atoms with Gasteiger partial charge in [-0.15, -0.1) is 0 Å². The van der Waals surface area contributed by atoms with Crippen molar-refractivity contribution in [1.82, 2.24) is 19.1 Å². The molecule has 0 saturated carbocycles. The Balaban J connectivity index is 1.80. The number of para-hydroxylation sites is 1. The summed E-state index contributed by atoms with van der Waals surface area (Å²) in [6, 6.07) is 9.28. The van der Waals surface area contributed by atoms with Crippen molar-refractivity contribution < 1.29 is 9.69 Å². The van der Waals surface area contributed by atoms with Crippen LogP contribution in [0.4, 0.5) is 0 Å². The molecular weight excluding hydrogens is 318 g/mol. The molecule has 1 amide bonds. The third-order valence-corrected chi connectivity index (χ3v) is 5.00. The number of amides is 1. The zero-order valence-corrected chi connectivity index (χ0v) is 14.5. The number of carbonyl (C=O) groups excluding carboxylic acids is 1. The van der Waals surface area contributed by atoms with Crippen LogP contribution in [0.2, 0.25) is 0 Å². The molecule has 0 bridgehead atoms. The van der Waals surface area contributed by atoms with Crippen LogP contribution in [0, 0.1) is 6.92 Å². The summed E-state index contributed by atoms with van der Waals surface area (Å²) in [4.78, 5) is 32.2. The van der Waals surface area contributed by atoms with Crippen molar-refractivity contribution in [3.05, 3.63) is 46.4 Å². The lowest BCUT2D eigenvalue weighted by atomic mass is 10.2. The molecule has 0 unspecified atom stereocenters. The van der Waals surface area contributed by atoms with E-state index < -0.39 is 0 Å². The first kappa shape index (κ1) is 15.8.